The standard InChI is InChI=1S/C18H13Cl3N2O3/c1-23-7-6-16(22-23)17(24)5-4-12-2-3-13(26-12)10-25-18-14(20)8-11(19)9-15(18)21/h2-9H,10H2,1H3/b5-4+. The van der Waals surface area contributed by atoms with Gasteiger partial charge in [-0.05, 0) is 42.5 Å². The number of hydrogen-bond acceptors (Lipinski definition) is 4. The van der Waals surface area contributed by atoms with Crippen LogP contribution in [0.4, 0.5) is 0 Å². The third kappa shape index (κ3) is 4.49. The first-order valence-electron chi connectivity index (χ1n) is 7.50. The number of nitrogens with zero attached hydrogens (tertiary/aromatic N) is 2. The maximum Gasteiger partial charge on any atom is 0.206 e. The highest BCUT2D eigenvalue weighted by atomic mass is 35.5. The molecule has 5 nitrogen and oxygen atoms in total. The highest BCUT2D eigenvalue weighted by molar-refractivity contribution is 6.40. The van der Waals surface area contributed by atoms with Gasteiger partial charge in [0.2, 0.25) is 5.78 Å². The number of allylic oxidation sites excluding steroid dienone is 1. The summed E-state index contributed by atoms with van der Waals surface area (Å²) in [5, 5.41) is 5.10. The number of carbonyl (C=O) groups is 1. The molecule has 0 saturated heterocycles. The fourth-order valence-corrected chi connectivity index (χ4v) is 3.09. The van der Waals surface area contributed by atoms with Crippen LogP contribution in [0.3, 0.4) is 0 Å². The quantitative estimate of drug-likeness (QED) is 0.400. The Morgan fingerprint density at radius 1 is 1.23 bits per heavy atom. The summed E-state index contributed by atoms with van der Waals surface area (Å²) in [6.07, 6.45) is 4.68. The predicted octanol–water partition coefficient (Wildman–Crippen LogP) is 5.45. The maximum atomic E-state index is 12.0. The van der Waals surface area contributed by atoms with Gasteiger partial charge in [-0.15, -0.1) is 0 Å². The molecule has 3 rings (SSSR count). The minimum absolute atomic E-state index is 0.128. The second-order valence-electron chi connectivity index (χ2n) is 5.36. The molecule has 1 aromatic carbocycles. The first kappa shape index (κ1) is 18.6. The van der Waals surface area contributed by atoms with Gasteiger partial charge in [-0.1, -0.05) is 34.8 Å². The molecule has 0 bridgehead atoms. The van der Waals surface area contributed by atoms with Crippen LogP contribution >= 0.6 is 34.8 Å². The van der Waals surface area contributed by atoms with Crippen LogP contribution in [0.15, 0.2) is 47.0 Å². The summed E-state index contributed by atoms with van der Waals surface area (Å²) in [7, 11) is 1.75. The molecular formula is C18H13Cl3N2O3. The number of ketones is 1. The number of benzene rings is 1. The third-order valence-corrected chi connectivity index (χ3v) is 4.15. The molecule has 0 atom stereocenters. The van der Waals surface area contributed by atoms with E-state index in [4.69, 9.17) is 44.0 Å². The Morgan fingerprint density at radius 2 is 1.96 bits per heavy atom. The fraction of sp³-hybridized carbons (Fsp3) is 0.111. The Morgan fingerprint density at radius 3 is 2.62 bits per heavy atom. The molecule has 0 amide bonds. The molecule has 2 heterocycles. The van der Waals surface area contributed by atoms with Crippen LogP contribution in [-0.4, -0.2) is 15.6 Å². The zero-order chi connectivity index (χ0) is 18.7. The maximum absolute atomic E-state index is 12.0. The van der Waals surface area contributed by atoms with Crippen molar-refractivity contribution in [2.45, 2.75) is 6.61 Å². The molecule has 0 aliphatic carbocycles. The van der Waals surface area contributed by atoms with Crippen LogP contribution in [0.1, 0.15) is 22.0 Å². The van der Waals surface area contributed by atoms with Crippen molar-refractivity contribution in [2.24, 2.45) is 7.05 Å². The highest BCUT2D eigenvalue weighted by Crippen LogP contribution is 2.36. The number of aromatic nitrogens is 2. The van der Waals surface area contributed by atoms with Crippen molar-refractivity contribution >= 4 is 46.7 Å². The molecule has 0 saturated carbocycles. The van der Waals surface area contributed by atoms with Gasteiger partial charge in [-0.25, -0.2) is 0 Å². The van der Waals surface area contributed by atoms with Crippen molar-refractivity contribution in [2.75, 3.05) is 0 Å². The Hall–Kier alpha value is -2.21. The molecule has 3 aromatic rings. The second-order valence-corrected chi connectivity index (χ2v) is 6.61. The number of carbonyl (C=O) groups excluding carboxylic acids is 1. The van der Waals surface area contributed by atoms with Gasteiger partial charge < -0.3 is 9.15 Å². The van der Waals surface area contributed by atoms with E-state index in [9.17, 15) is 4.79 Å². The van der Waals surface area contributed by atoms with Gasteiger partial charge in [0.25, 0.3) is 0 Å². The Balaban J connectivity index is 1.63. The normalized spacial score (nSPS) is 11.2. The van der Waals surface area contributed by atoms with Gasteiger partial charge in [0.1, 0.15) is 23.8 Å². The van der Waals surface area contributed by atoms with E-state index in [2.05, 4.69) is 5.10 Å². The monoisotopic (exact) mass is 410 g/mol. The summed E-state index contributed by atoms with van der Waals surface area (Å²) in [4.78, 5) is 12.0. The highest BCUT2D eigenvalue weighted by Gasteiger charge is 2.11. The molecule has 134 valence electrons. The summed E-state index contributed by atoms with van der Waals surface area (Å²) >= 11 is 18.0. The van der Waals surface area contributed by atoms with Crippen LogP contribution in [-0.2, 0) is 13.7 Å². The molecule has 0 unspecified atom stereocenters. The largest absolute Gasteiger partial charge is 0.483 e. The molecular weight excluding hydrogens is 399 g/mol. The predicted molar refractivity (Wildman–Crippen MR) is 101 cm³/mol. The van der Waals surface area contributed by atoms with Gasteiger partial charge in [0.05, 0.1) is 10.0 Å². The third-order valence-electron chi connectivity index (χ3n) is 3.37. The average Bonchev–Trinajstić information content (AvgIpc) is 3.20. The summed E-state index contributed by atoms with van der Waals surface area (Å²) < 4.78 is 12.8. The van der Waals surface area contributed by atoms with Crippen molar-refractivity contribution in [1.82, 2.24) is 9.78 Å². The van der Waals surface area contributed by atoms with Gasteiger partial charge in [-0.2, -0.15) is 5.10 Å². The molecule has 2 aromatic heterocycles. The topological polar surface area (TPSA) is 57.3 Å². The molecule has 0 spiro atoms. The number of rotatable bonds is 6. The van der Waals surface area contributed by atoms with E-state index in [0.717, 1.165) is 0 Å². The SMILES string of the molecule is Cn1ccc(C(=O)/C=C/c2ccc(COc3c(Cl)cc(Cl)cc3Cl)o2)n1. The number of halogens is 3. The van der Waals surface area contributed by atoms with E-state index in [1.807, 2.05) is 0 Å². The number of furan rings is 1. The van der Waals surface area contributed by atoms with Gasteiger partial charge in [0.15, 0.2) is 5.75 Å². The summed E-state index contributed by atoms with van der Waals surface area (Å²) in [5.74, 6) is 1.19. The first-order chi connectivity index (χ1) is 12.4. The van der Waals surface area contributed by atoms with Gasteiger partial charge >= 0.3 is 0 Å². The molecule has 0 aliphatic heterocycles. The van der Waals surface area contributed by atoms with Crippen LogP contribution in [0.2, 0.25) is 15.1 Å². The molecule has 0 N–H and O–H groups in total. The minimum Gasteiger partial charge on any atom is -0.483 e. The van der Waals surface area contributed by atoms with E-state index in [1.165, 1.54) is 6.08 Å². The molecule has 8 heteroatoms. The van der Waals surface area contributed by atoms with Crippen molar-refractivity contribution < 1.29 is 13.9 Å². The van der Waals surface area contributed by atoms with E-state index in [-0.39, 0.29) is 12.4 Å². The smallest absolute Gasteiger partial charge is 0.206 e. The van der Waals surface area contributed by atoms with Crippen LogP contribution < -0.4 is 4.74 Å². The zero-order valence-electron chi connectivity index (χ0n) is 13.6. The number of aryl methyl sites for hydroxylation is 1. The zero-order valence-corrected chi connectivity index (χ0v) is 15.8. The summed E-state index contributed by atoms with van der Waals surface area (Å²) in [6, 6.07) is 8.20. The summed E-state index contributed by atoms with van der Waals surface area (Å²) in [5.41, 5.74) is 0.367. The Labute approximate surface area is 164 Å². The molecule has 0 fully saturated rings. The lowest BCUT2D eigenvalue weighted by atomic mass is 10.2. The Kier molecular flexibility index (Phi) is 5.71. The average molecular weight is 412 g/mol. The second kappa shape index (κ2) is 7.99. The minimum atomic E-state index is -0.209. The lowest BCUT2D eigenvalue weighted by Gasteiger charge is -2.08. The Bertz CT molecular complexity index is 953. The van der Waals surface area contributed by atoms with Crippen molar-refractivity contribution in [1.29, 1.82) is 0 Å². The fourth-order valence-electron chi connectivity index (χ4n) is 2.16. The molecule has 26 heavy (non-hydrogen) atoms. The van der Waals surface area contributed by atoms with E-state index < -0.39 is 0 Å². The first-order valence-corrected chi connectivity index (χ1v) is 8.64. The van der Waals surface area contributed by atoms with Crippen molar-refractivity contribution in [3.05, 3.63) is 74.9 Å². The number of hydrogen-bond donors (Lipinski definition) is 0. The lowest BCUT2D eigenvalue weighted by molar-refractivity contribution is 0.104. The van der Waals surface area contributed by atoms with Crippen LogP contribution in [0, 0.1) is 0 Å². The van der Waals surface area contributed by atoms with Crippen molar-refractivity contribution in [3.8, 4) is 5.75 Å². The van der Waals surface area contributed by atoms with E-state index >= 15 is 0 Å². The van der Waals surface area contributed by atoms with Crippen LogP contribution in [0.5, 0.6) is 5.75 Å². The summed E-state index contributed by atoms with van der Waals surface area (Å²) in [6.45, 7) is 0.128. The van der Waals surface area contributed by atoms with Crippen LogP contribution in [0.25, 0.3) is 6.08 Å². The van der Waals surface area contributed by atoms with Gasteiger partial charge in [-0.3, -0.25) is 9.48 Å². The number of ether oxygens (including phenoxy) is 1. The van der Waals surface area contributed by atoms with Gasteiger partial charge in [0, 0.05) is 18.3 Å². The lowest BCUT2D eigenvalue weighted by Crippen LogP contribution is -1.97. The van der Waals surface area contributed by atoms with E-state index in [1.54, 1.807) is 54.3 Å². The van der Waals surface area contributed by atoms with E-state index in [0.29, 0.717) is 38.0 Å². The van der Waals surface area contributed by atoms with Crippen molar-refractivity contribution in [3.63, 3.8) is 0 Å². The molecule has 0 radical (unpaired) electrons. The molecule has 0 aliphatic rings.